The van der Waals surface area contributed by atoms with E-state index in [0.717, 1.165) is 71.3 Å². The number of rotatable bonds is 11. The van der Waals surface area contributed by atoms with Crippen LogP contribution < -0.4 is 9.47 Å². The maximum absolute atomic E-state index is 14.0. The van der Waals surface area contributed by atoms with Gasteiger partial charge >= 0.3 is 0 Å². The molecular weight excluding hydrogens is 542 g/mol. The molecule has 2 fully saturated rings. The molecule has 4 aromatic rings. The van der Waals surface area contributed by atoms with Gasteiger partial charge in [-0.3, -0.25) is 14.6 Å². The summed E-state index contributed by atoms with van der Waals surface area (Å²) in [5.41, 5.74) is 2.83. The van der Waals surface area contributed by atoms with Gasteiger partial charge in [0.25, 0.3) is 0 Å². The number of nitriles is 1. The Balaban J connectivity index is 1.19. The molecule has 0 unspecified atom stereocenters. The number of likely N-dealkylation sites (tertiary alicyclic amines) is 2. The van der Waals surface area contributed by atoms with E-state index in [9.17, 15) is 10.1 Å². The molecule has 1 aromatic heterocycles. The average molecular weight is 580 g/mol. The molecule has 0 saturated carbocycles. The smallest absolute Gasteiger partial charge is 0.195 e. The maximum Gasteiger partial charge on any atom is 0.195 e. The molecule has 6 nitrogen and oxygen atoms in total. The Morgan fingerprint density at radius 3 is 1.93 bits per heavy atom. The number of thiophene rings is 1. The molecule has 42 heavy (non-hydrogen) atoms. The van der Waals surface area contributed by atoms with Gasteiger partial charge in [-0.1, -0.05) is 12.5 Å². The molecule has 0 aliphatic carbocycles. The van der Waals surface area contributed by atoms with Crippen molar-refractivity contribution in [2.45, 2.75) is 32.1 Å². The highest BCUT2D eigenvalue weighted by atomic mass is 32.1. The zero-order valence-electron chi connectivity index (χ0n) is 24.0. The molecule has 0 bridgehead atoms. The van der Waals surface area contributed by atoms with Gasteiger partial charge in [0, 0.05) is 39.2 Å². The Hall–Kier alpha value is -3.70. The summed E-state index contributed by atoms with van der Waals surface area (Å²) in [7, 11) is 0. The Morgan fingerprint density at radius 1 is 0.762 bits per heavy atom. The molecule has 7 heteroatoms. The summed E-state index contributed by atoms with van der Waals surface area (Å²) in [6.07, 6.45) is 6.41. The third-order valence-corrected chi connectivity index (χ3v) is 9.48. The molecule has 3 heterocycles. The first-order chi connectivity index (χ1) is 20.7. The number of ketones is 1. The van der Waals surface area contributed by atoms with Crippen molar-refractivity contribution in [3.8, 4) is 28.0 Å². The number of piperidine rings is 1. The number of ether oxygens (including phenoxy) is 2. The summed E-state index contributed by atoms with van der Waals surface area (Å²) in [5.74, 6) is 1.57. The van der Waals surface area contributed by atoms with Crippen LogP contribution in [0.4, 0.5) is 0 Å². The second-order valence-corrected chi connectivity index (χ2v) is 12.2. The molecule has 0 amide bonds. The van der Waals surface area contributed by atoms with Crippen LogP contribution in [0.3, 0.4) is 0 Å². The lowest BCUT2D eigenvalue weighted by Crippen LogP contribution is -2.33. The van der Waals surface area contributed by atoms with Crippen molar-refractivity contribution in [1.29, 1.82) is 5.26 Å². The van der Waals surface area contributed by atoms with Crippen LogP contribution in [0.25, 0.3) is 20.5 Å². The summed E-state index contributed by atoms with van der Waals surface area (Å²) >= 11 is 1.55. The van der Waals surface area contributed by atoms with Gasteiger partial charge in [0.1, 0.15) is 24.7 Å². The molecule has 2 saturated heterocycles. The Morgan fingerprint density at radius 2 is 1.33 bits per heavy atom. The normalized spacial score (nSPS) is 16.0. The van der Waals surface area contributed by atoms with Gasteiger partial charge in [-0.25, -0.2) is 0 Å². The number of carbonyl (C=O) groups is 1. The van der Waals surface area contributed by atoms with Crippen LogP contribution in [0.5, 0.6) is 11.5 Å². The van der Waals surface area contributed by atoms with Gasteiger partial charge in [-0.05, 0) is 118 Å². The largest absolute Gasteiger partial charge is 0.492 e. The number of nitrogens with zero attached hydrogens (tertiary/aromatic N) is 3. The van der Waals surface area contributed by atoms with Crippen LogP contribution in [0.2, 0.25) is 0 Å². The third-order valence-electron chi connectivity index (χ3n) is 8.28. The van der Waals surface area contributed by atoms with E-state index in [-0.39, 0.29) is 5.78 Å². The van der Waals surface area contributed by atoms with Gasteiger partial charge < -0.3 is 9.47 Å². The molecule has 0 spiro atoms. The fourth-order valence-corrected chi connectivity index (χ4v) is 7.16. The maximum atomic E-state index is 14.0. The minimum absolute atomic E-state index is 0.0354. The van der Waals surface area contributed by atoms with Gasteiger partial charge in [0.2, 0.25) is 0 Å². The number of carbonyl (C=O) groups excluding carboxylic acids is 1. The van der Waals surface area contributed by atoms with E-state index >= 15 is 0 Å². The van der Waals surface area contributed by atoms with Crippen molar-refractivity contribution < 1.29 is 14.3 Å². The number of hydrogen-bond donors (Lipinski definition) is 0. The van der Waals surface area contributed by atoms with Crippen LogP contribution >= 0.6 is 11.3 Å². The van der Waals surface area contributed by atoms with Crippen LogP contribution in [0.1, 0.15) is 53.6 Å². The second-order valence-electron chi connectivity index (χ2n) is 11.2. The van der Waals surface area contributed by atoms with Crippen LogP contribution in [-0.4, -0.2) is 68.1 Å². The standard InChI is InChI=1S/C35H37N3O3S/c36-25-26-6-15-31-32(24-26)42-35(28-9-13-30(14-10-28)41-23-21-38-18-4-5-19-38)33(31)34(39)27-7-11-29(12-8-27)40-22-20-37-16-2-1-3-17-37/h6-15,24H,1-5,16-23H2. The minimum Gasteiger partial charge on any atom is -0.492 e. The molecule has 216 valence electrons. The number of fused-ring (bicyclic) bond motifs is 1. The minimum atomic E-state index is -0.0354. The Bertz CT molecular complexity index is 1540. The highest BCUT2D eigenvalue weighted by molar-refractivity contribution is 7.22. The Labute approximate surface area is 252 Å². The van der Waals surface area contributed by atoms with Crippen LogP contribution in [-0.2, 0) is 0 Å². The van der Waals surface area contributed by atoms with Crippen LogP contribution in [0.15, 0.2) is 66.7 Å². The molecule has 2 aliphatic heterocycles. The lowest BCUT2D eigenvalue weighted by Gasteiger charge is -2.26. The first-order valence-corrected chi connectivity index (χ1v) is 15.9. The highest BCUT2D eigenvalue weighted by Crippen LogP contribution is 2.41. The molecule has 0 atom stereocenters. The topological polar surface area (TPSA) is 65.8 Å². The van der Waals surface area contributed by atoms with Crippen molar-refractivity contribution in [3.63, 3.8) is 0 Å². The van der Waals surface area contributed by atoms with E-state index in [1.165, 1.54) is 32.1 Å². The first-order valence-electron chi connectivity index (χ1n) is 15.1. The third kappa shape index (κ3) is 6.68. The zero-order valence-corrected chi connectivity index (χ0v) is 24.8. The fourth-order valence-electron chi connectivity index (χ4n) is 5.92. The SMILES string of the molecule is N#Cc1ccc2c(C(=O)c3ccc(OCCN4CCCCC4)cc3)c(-c3ccc(OCCN4CCCC4)cc3)sc2c1. The van der Waals surface area contributed by atoms with E-state index in [0.29, 0.717) is 29.9 Å². The molecule has 2 aliphatic rings. The average Bonchev–Trinajstić information content (AvgIpc) is 3.70. The lowest BCUT2D eigenvalue weighted by molar-refractivity contribution is 0.104. The molecule has 6 rings (SSSR count). The predicted octanol–water partition coefficient (Wildman–Crippen LogP) is 7.01. The molecular formula is C35H37N3O3S. The predicted molar refractivity (Wildman–Crippen MR) is 169 cm³/mol. The summed E-state index contributed by atoms with van der Waals surface area (Å²) < 4.78 is 12.9. The van der Waals surface area contributed by atoms with Gasteiger partial charge in [-0.2, -0.15) is 5.26 Å². The van der Waals surface area contributed by atoms with Gasteiger partial charge in [0.05, 0.1) is 11.6 Å². The Kier molecular flexibility index (Phi) is 9.15. The first kappa shape index (κ1) is 28.4. The highest BCUT2D eigenvalue weighted by Gasteiger charge is 2.22. The van der Waals surface area contributed by atoms with Crippen molar-refractivity contribution in [1.82, 2.24) is 9.80 Å². The fraction of sp³-hybridized carbons (Fsp3) is 0.371. The summed E-state index contributed by atoms with van der Waals surface area (Å²) in [5, 5.41) is 10.3. The van der Waals surface area contributed by atoms with E-state index < -0.39 is 0 Å². The van der Waals surface area contributed by atoms with E-state index in [1.54, 1.807) is 17.4 Å². The molecule has 0 radical (unpaired) electrons. The van der Waals surface area contributed by atoms with E-state index in [4.69, 9.17) is 9.47 Å². The van der Waals surface area contributed by atoms with Gasteiger partial charge in [0.15, 0.2) is 5.78 Å². The summed E-state index contributed by atoms with van der Waals surface area (Å²) in [4.78, 5) is 19.8. The number of hydrogen-bond acceptors (Lipinski definition) is 7. The van der Waals surface area contributed by atoms with Crippen molar-refractivity contribution in [2.24, 2.45) is 0 Å². The monoisotopic (exact) mass is 579 g/mol. The number of benzene rings is 3. The van der Waals surface area contributed by atoms with E-state index in [1.807, 2.05) is 60.7 Å². The van der Waals surface area contributed by atoms with Crippen molar-refractivity contribution in [2.75, 3.05) is 52.5 Å². The summed E-state index contributed by atoms with van der Waals surface area (Å²) in [6.45, 7) is 7.81. The summed E-state index contributed by atoms with van der Waals surface area (Å²) in [6, 6.07) is 23.3. The molecule has 3 aromatic carbocycles. The zero-order chi connectivity index (χ0) is 28.7. The van der Waals surface area contributed by atoms with Crippen molar-refractivity contribution >= 4 is 27.2 Å². The second kappa shape index (κ2) is 13.5. The molecule has 0 N–H and O–H groups in total. The van der Waals surface area contributed by atoms with Crippen LogP contribution in [0, 0.1) is 11.3 Å². The lowest BCUT2D eigenvalue weighted by atomic mass is 9.97. The van der Waals surface area contributed by atoms with Crippen molar-refractivity contribution in [3.05, 3.63) is 83.4 Å². The van der Waals surface area contributed by atoms with E-state index in [2.05, 4.69) is 15.9 Å². The van der Waals surface area contributed by atoms with Gasteiger partial charge in [-0.15, -0.1) is 11.3 Å². The quantitative estimate of drug-likeness (QED) is 0.178.